The molecule has 0 aliphatic heterocycles. The van der Waals surface area contributed by atoms with Crippen LogP contribution in [-0.2, 0) is 13.6 Å². The molecule has 1 aliphatic rings. The highest BCUT2D eigenvalue weighted by Gasteiger charge is 2.23. The summed E-state index contributed by atoms with van der Waals surface area (Å²) in [5.41, 5.74) is 5.46. The Hall–Kier alpha value is -1.10. The molecule has 0 unspecified atom stereocenters. The van der Waals surface area contributed by atoms with Gasteiger partial charge in [-0.15, -0.1) is 10.2 Å². The first-order valence-electron chi connectivity index (χ1n) is 4.16. The number of aromatic nitrogens is 3. The third kappa shape index (κ3) is 1.27. The number of rotatable bonds is 3. The molecule has 5 nitrogen and oxygen atoms in total. The molecule has 1 saturated carbocycles. The number of hydrogen-bond acceptors (Lipinski definition) is 4. The Balaban J connectivity index is 2.13. The Morgan fingerprint density at radius 2 is 2.33 bits per heavy atom. The van der Waals surface area contributed by atoms with E-state index in [2.05, 4.69) is 15.5 Å². The number of nitrogens with two attached hydrogens (primary N) is 1. The van der Waals surface area contributed by atoms with Gasteiger partial charge in [0.15, 0.2) is 0 Å². The SMILES string of the molecule is Cn1c(CN)nnc1NC1CC1. The summed E-state index contributed by atoms with van der Waals surface area (Å²) in [6.07, 6.45) is 2.48. The van der Waals surface area contributed by atoms with Gasteiger partial charge in [0.25, 0.3) is 0 Å². The van der Waals surface area contributed by atoms with Gasteiger partial charge in [-0.05, 0) is 12.8 Å². The molecule has 0 saturated heterocycles. The normalized spacial score (nSPS) is 16.5. The van der Waals surface area contributed by atoms with Crippen LogP contribution in [0.5, 0.6) is 0 Å². The van der Waals surface area contributed by atoms with Gasteiger partial charge in [0.05, 0.1) is 6.54 Å². The van der Waals surface area contributed by atoms with Crippen molar-refractivity contribution in [2.45, 2.75) is 25.4 Å². The first-order valence-corrected chi connectivity index (χ1v) is 4.16. The molecule has 0 bridgehead atoms. The van der Waals surface area contributed by atoms with Crippen molar-refractivity contribution in [1.82, 2.24) is 14.8 Å². The molecule has 3 N–H and O–H groups in total. The van der Waals surface area contributed by atoms with E-state index >= 15 is 0 Å². The van der Waals surface area contributed by atoms with E-state index < -0.39 is 0 Å². The minimum absolute atomic E-state index is 0.440. The Kier molecular flexibility index (Phi) is 1.73. The average molecular weight is 167 g/mol. The fraction of sp³-hybridized carbons (Fsp3) is 0.714. The summed E-state index contributed by atoms with van der Waals surface area (Å²) in [5, 5.41) is 11.2. The van der Waals surface area contributed by atoms with E-state index in [0.717, 1.165) is 11.8 Å². The molecule has 1 heterocycles. The molecule has 0 amide bonds. The van der Waals surface area contributed by atoms with E-state index in [-0.39, 0.29) is 0 Å². The van der Waals surface area contributed by atoms with Crippen molar-refractivity contribution < 1.29 is 0 Å². The number of nitrogens with zero attached hydrogens (tertiary/aromatic N) is 3. The molecule has 0 atom stereocenters. The van der Waals surface area contributed by atoms with Crippen molar-refractivity contribution in [3.05, 3.63) is 5.82 Å². The second-order valence-electron chi connectivity index (χ2n) is 3.12. The molecule has 12 heavy (non-hydrogen) atoms. The molecule has 0 aromatic carbocycles. The second kappa shape index (κ2) is 2.75. The summed E-state index contributed by atoms with van der Waals surface area (Å²) >= 11 is 0. The zero-order chi connectivity index (χ0) is 8.55. The van der Waals surface area contributed by atoms with Gasteiger partial charge in [0, 0.05) is 13.1 Å². The lowest BCUT2D eigenvalue weighted by molar-refractivity contribution is 0.792. The van der Waals surface area contributed by atoms with Crippen LogP contribution in [0.3, 0.4) is 0 Å². The first kappa shape index (κ1) is 7.54. The highest BCUT2D eigenvalue weighted by molar-refractivity contribution is 5.29. The van der Waals surface area contributed by atoms with Gasteiger partial charge in [0.2, 0.25) is 5.95 Å². The van der Waals surface area contributed by atoms with Crippen LogP contribution in [0.2, 0.25) is 0 Å². The lowest BCUT2D eigenvalue weighted by Crippen LogP contribution is -2.10. The molecule has 66 valence electrons. The third-order valence-electron chi connectivity index (χ3n) is 2.06. The van der Waals surface area contributed by atoms with Crippen LogP contribution in [0.1, 0.15) is 18.7 Å². The van der Waals surface area contributed by atoms with Crippen LogP contribution in [0.25, 0.3) is 0 Å². The van der Waals surface area contributed by atoms with Crippen LogP contribution in [-0.4, -0.2) is 20.8 Å². The minimum Gasteiger partial charge on any atom is -0.352 e. The molecule has 0 radical (unpaired) electrons. The lowest BCUT2D eigenvalue weighted by Gasteiger charge is -2.03. The summed E-state index contributed by atoms with van der Waals surface area (Å²) in [7, 11) is 1.92. The molecule has 1 fully saturated rings. The van der Waals surface area contributed by atoms with Gasteiger partial charge >= 0.3 is 0 Å². The van der Waals surface area contributed by atoms with E-state index in [1.165, 1.54) is 12.8 Å². The monoisotopic (exact) mass is 167 g/mol. The van der Waals surface area contributed by atoms with Crippen molar-refractivity contribution in [1.29, 1.82) is 0 Å². The summed E-state index contributed by atoms with van der Waals surface area (Å²) < 4.78 is 1.90. The van der Waals surface area contributed by atoms with E-state index in [4.69, 9.17) is 5.73 Å². The Bertz CT molecular complexity index is 275. The maximum atomic E-state index is 5.46. The molecular formula is C7H13N5. The van der Waals surface area contributed by atoms with Crippen LogP contribution in [0.15, 0.2) is 0 Å². The van der Waals surface area contributed by atoms with Crippen LogP contribution >= 0.6 is 0 Å². The summed E-state index contributed by atoms with van der Waals surface area (Å²) in [6, 6.07) is 0.610. The van der Waals surface area contributed by atoms with Crippen molar-refractivity contribution in [3.8, 4) is 0 Å². The highest BCUT2D eigenvalue weighted by atomic mass is 15.4. The molecule has 1 aliphatic carbocycles. The van der Waals surface area contributed by atoms with E-state index in [9.17, 15) is 0 Å². The van der Waals surface area contributed by atoms with Gasteiger partial charge in [-0.2, -0.15) is 0 Å². The number of hydrogen-bond donors (Lipinski definition) is 2. The fourth-order valence-electron chi connectivity index (χ4n) is 1.08. The number of anilines is 1. The molecule has 5 heteroatoms. The van der Waals surface area contributed by atoms with Crippen molar-refractivity contribution in [2.75, 3.05) is 5.32 Å². The standard InChI is InChI=1S/C7H13N5/c1-12-6(4-8)10-11-7(12)9-5-2-3-5/h5H,2-4,8H2,1H3,(H,9,11). The summed E-state index contributed by atoms with van der Waals surface area (Å²) in [4.78, 5) is 0. The molecule has 0 spiro atoms. The zero-order valence-electron chi connectivity index (χ0n) is 7.12. The quantitative estimate of drug-likeness (QED) is 0.656. The molecule has 1 aromatic heterocycles. The van der Waals surface area contributed by atoms with Gasteiger partial charge in [-0.1, -0.05) is 0 Å². The molecular weight excluding hydrogens is 154 g/mol. The van der Waals surface area contributed by atoms with Crippen molar-refractivity contribution in [3.63, 3.8) is 0 Å². The molecule has 1 aromatic rings. The van der Waals surface area contributed by atoms with E-state index in [0.29, 0.717) is 12.6 Å². The topological polar surface area (TPSA) is 68.8 Å². The van der Waals surface area contributed by atoms with Crippen LogP contribution in [0, 0.1) is 0 Å². The lowest BCUT2D eigenvalue weighted by atomic mass is 10.6. The highest BCUT2D eigenvalue weighted by Crippen LogP contribution is 2.23. The second-order valence-corrected chi connectivity index (χ2v) is 3.12. The summed E-state index contributed by atoms with van der Waals surface area (Å²) in [5.74, 6) is 1.65. The Labute approximate surface area is 71.0 Å². The van der Waals surface area contributed by atoms with Crippen molar-refractivity contribution in [2.24, 2.45) is 12.8 Å². The predicted molar refractivity (Wildman–Crippen MR) is 45.5 cm³/mol. The molecule has 2 rings (SSSR count). The maximum absolute atomic E-state index is 5.46. The maximum Gasteiger partial charge on any atom is 0.224 e. The fourth-order valence-corrected chi connectivity index (χ4v) is 1.08. The predicted octanol–water partition coefficient (Wildman–Crippen LogP) is -0.152. The Morgan fingerprint density at radius 3 is 2.83 bits per heavy atom. The largest absolute Gasteiger partial charge is 0.352 e. The number of nitrogens with one attached hydrogen (secondary N) is 1. The minimum atomic E-state index is 0.440. The summed E-state index contributed by atoms with van der Waals surface area (Å²) in [6.45, 7) is 0.440. The van der Waals surface area contributed by atoms with Crippen LogP contribution < -0.4 is 11.1 Å². The first-order chi connectivity index (χ1) is 5.81. The van der Waals surface area contributed by atoms with Gasteiger partial charge in [0.1, 0.15) is 5.82 Å². The van der Waals surface area contributed by atoms with Crippen LogP contribution in [0.4, 0.5) is 5.95 Å². The van der Waals surface area contributed by atoms with Gasteiger partial charge in [-0.25, -0.2) is 0 Å². The van der Waals surface area contributed by atoms with E-state index in [1.807, 2.05) is 11.6 Å². The van der Waals surface area contributed by atoms with Gasteiger partial charge < -0.3 is 11.1 Å². The van der Waals surface area contributed by atoms with Gasteiger partial charge in [-0.3, -0.25) is 4.57 Å². The average Bonchev–Trinajstić information content (AvgIpc) is 2.80. The van der Waals surface area contributed by atoms with Crippen molar-refractivity contribution >= 4 is 5.95 Å². The third-order valence-corrected chi connectivity index (χ3v) is 2.06. The smallest absolute Gasteiger partial charge is 0.224 e. The zero-order valence-corrected chi connectivity index (χ0v) is 7.12. The Morgan fingerprint density at radius 1 is 1.58 bits per heavy atom. The van der Waals surface area contributed by atoms with E-state index in [1.54, 1.807) is 0 Å².